The molecule has 0 atom stereocenters. The third kappa shape index (κ3) is 4.39. The number of thiophene rings is 1. The van der Waals surface area contributed by atoms with Gasteiger partial charge in [-0.15, -0.1) is 11.3 Å². The van der Waals surface area contributed by atoms with Crippen molar-refractivity contribution in [1.82, 2.24) is 9.97 Å². The first kappa shape index (κ1) is 21.7. The van der Waals surface area contributed by atoms with Crippen LogP contribution in [0, 0.1) is 5.82 Å². The molecule has 3 aromatic heterocycles. The highest BCUT2D eigenvalue weighted by molar-refractivity contribution is 7.19. The molecule has 0 aliphatic heterocycles. The van der Waals surface area contributed by atoms with Gasteiger partial charge in [-0.05, 0) is 55.3 Å². The van der Waals surface area contributed by atoms with Gasteiger partial charge in [-0.3, -0.25) is 9.59 Å². The van der Waals surface area contributed by atoms with Crippen LogP contribution in [-0.4, -0.2) is 21.0 Å². The van der Waals surface area contributed by atoms with E-state index in [9.17, 15) is 19.1 Å². The second kappa shape index (κ2) is 8.18. The molecule has 4 aromatic rings. The predicted octanol–water partition coefficient (Wildman–Crippen LogP) is 3.79. The van der Waals surface area contributed by atoms with E-state index < -0.39 is 17.3 Å². The Balaban J connectivity index is 1.74. The van der Waals surface area contributed by atoms with Gasteiger partial charge in [0.2, 0.25) is 5.91 Å². The number of carbonyl (C=O) groups excluding carboxylic acids is 1. The highest BCUT2D eigenvalue weighted by Gasteiger charge is 2.20. The van der Waals surface area contributed by atoms with Gasteiger partial charge in [0.25, 0.3) is 5.56 Å². The van der Waals surface area contributed by atoms with Crippen LogP contribution in [0.4, 0.5) is 15.2 Å². The maximum absolute atomic E-state index is 14.8. The summed E-state index contributed by atoms with van der Waals surface area (Å²) < 4.78 is 14.8. The quantitative estimate of drug-likeness (QED) is 0.355. The molecule has 164 valence electrons. The zero-order chi connectivity index (χ0) is 23.0. The molecule has 0 aliphatic carbocycles. The Morgan fingerprint density at radius 2 is 2.03 bits per heavy atom. The number of nitrogens with two attached hydrogens (primary N) is 1. The Hall–Kier alpha value is -3.56. The number of aromatic amines is 1. The second-order valence-corrected chi connectivity index (χ2v) is 8.98. The van der Waals surface area contributed by atoms with Crippen molar-refractivity contribution in [1.29, 1.82) is 0 Å². The number of pyridine rings is 2. The van der Waals surface area contributed by atoms with Gasteiger partial charge in [-0.25, -0.2) is 9.37 Å². The third-order valence-electron chi connectivity index (χ3n) is 4.98. The lowest BCUT2D eigenvalue weighted by Gasteiger charge is -2.18. The largest absolute Gasteiger partial charge is 0.386 e. The number of nitrogens with one attached hydrogen (secondary N) is 2. The summed E-state index contributed by atoms with van der Waals surface area (Å²) in [6.45, 7) is 3.17. The fourth-order valence-corrected chi connectivity index (χ4v) is 4.44. The summed E-state index contributed by atoms with van der Waals surface area (Å²) in [5, 5.41) is 14.5. The minimum Gasteiger partial charge on any atom is -0.386 e. The van der Waals surface area contributed by atoms with Crippen LogP contribution in [0.5, 0.6) is 0 Å². The SMILES string of the molecule is CC(C)(O)c1ccc(-c2cc(CC(N)=O)c(Nc3ccc4cc[nH]c(=O)c4n3)s2)c(F)c1. The minimum absolute atomic E-state index is 0.0453. The summed E-state index contributed by atoms with van der Waals surface area (Å²) >= 11 is 1.24. The smallest absolute Gasteiger partial charge is 0.274 e. The molecule has 9 heteroatoms. The van der Waals surface area contributed by atoms with Crippen molar-refractivity contribution in [2.45, 2.75) is 25.9 Å². The highest BCUT2D eigenvalue weighted by atomic mass is 32.1. The van der Waals surface area contributed by atoms with Crippen molar-refractivity contribution >= 4 is 39.0 Å². The van der Waals surface area contributed by atoms with Crippen molar-refractivity contribution in [3.05, 3.63) is 76.0 Å². The van der Waals surface area contributed by atoms with Crippen molar-refractivity contribution in [3.8, 4) is 10.4 Å². The van der Waals surface area contributed by atoms with Gasteiger partial charge in [0.15, 0.2) is 0 Å². The van der Waals surface area contributed by atoms with Gasteiger partial charge in [0, 0.05) is 22.0 Å². The number of primary amides is 1. The lowest BCUT2D eigenvalue weighted by Crippen LogP contribution is -2.15. The Morgan fingerprint density at radius 3 is 2.72 bits per heavy atom. The average Bonchev–Trinajstić information content (AvgIpc) is 3.09. The van der Waals surface area contributed by atoms with E-state index in [1.54, 1.807) is 56.4 Å². The molecule has 0 unspecified atom stereocenters. The van der Waals surface area contributed by atoms with Crippen LogP contribution in [0.3, 0.4) is 0 Å². The van der Waals surface area contributed by atoms with Gasteiger partial charge in [-0.1, -0.05) is 12.1 Å². The first-order valence-electron chi connectivity index (χ1n) is 9.81. The van der Waals surface area contributed by atoms with Crippen LogP contribution in [-0.2, 0) is 16.8 Å². The molecule has 0 radical (unpaired) electrons. The van der Waals surface area contributed by atoms with Crippen molar-refractivity contribution in [3.63, 3.8) is 0 Å². The number of H-pyrrole nitrogens is 1. The fourth-order valence-electron chi connectivity index (χ4n) is 3.33. The number of carbonyl (C=O) groups is 1. The van der Waals surface area contributed by atoms with Gasteiger partial charge in [-0.2, -0.15) is 0 Å². The van der Waals surface area contributed by atoms with Crippen LogP contribution in [0.15, 0.2) is 53.5 Å². The number of amides is 1. The summed E-state index contributed by atoms with van der Waals surface area (Å²) in [6.07, 6.45) is 1.50. The van der Waals surface area contributed by atoms with E-state index in [0.717, 1.165) is 0 Å². The number of aromatic nitrogens is 2. The second-order valence-electron chi connectivity index (χ2n) is 7.93. The minimum atomic E-state index is -1.17. The molecule has 1 aromatic carbocycles. The van der Waals surface area contributed by atoms with Gasteiger partial charge < -0.3 is 21.1 Å². The summed E-state index contributed by atoms with van der Waals surface area (Å²) in [5.74, 6) is -0.609. The molecule has 0 spiro atoms. The topological polar surface area (TPSA) is 121 Å². The zero-order valence-corrected chi connectivity index (χ0v) is 18.2. The maximum Gasteiger partial charge on any atom is 0.274 e. The zero-order valence-electron chi connectivity index (χ0n) is 17.4. The van der Waals surface area contributed by atoms with Crippen LogP contribution < -0.4 is 16.6 Å². The lowest BCUT2D eigenvalue weighted by atomic mass is 9.96. The first-order valence-corrected chi connectivity index (χ1v) is 10.6. The molecule has 3 heterocycles. The summed E-state index contributed by atoms with van der Waals surface area (Å²) in [5.41, 5.74) is 5.58. The maximum atomic E-state index is 14.8. The Bertz CT molecular complexity index is 1390. The molecule has 1 amide bonds. The van der Waals surface area contributed by atoms with E-state index in [1.165, 1.54) is 17.4 Å². The van der Waals surface area contributed by atoms with Crippen molar-refractivity contribution in [2.24, 2.45) is 5.73 Å². The van der Waals surface area contributed by atoms with Crippen LogP contribution in [0.1, 0.15) is 25.0 Å². The van der Waals surface area contributed by atoms with Crippen molar-refractivity contribution < 1.29 is 14.3 Å². The van der Waals surface area contributed by atoms with Crippen LogP contribution in [0.2, 0.25) is 0 Å². The van der Waals surface area contributed by atoms with Gasteiger partial charge >= 0.3 is 0 Å². The molecule has 4 rings (SSSR count). The number of rotatable bonds is 6. The van der Waals surface area contributed by atoms with E-state index in [-0.39, 0.29) is 17.5 Å². The number of hydrogen-bond donors (Lipinski definition) is 4. The molecule has 0 saturated heterocycles. The molecule has 0 bridgehead atoms. The van der Waals surface area contributed by atoms with Crippen molar-refractivity contribution in [2.75, 3.05) is 5.32 Å². The number of benzene rings is 1. The number of halogens is 1. The monoisotopic (exact) mass is 452 g/mol. The summed E-state index contributed by atoms with van der Waals surface area (Å²) in [4.78, 5) is 31.2. The van der Waals surface area contributed by atoms with E-state index >= 15 is 0 Å². The molecule has 0 aliphatic rings. The highest BCUT2D eigenvalue weighted by Crippen LogP contribution is 2.39. The molecule has 0 fully saturated rings. The normalized spacial score (nSPS) is 11.6. The van der Waals surface area contributed by atoms with E-state index in [0.29, 0.717) is 37.8 Å². The lowest BCUT2D eigenvalue weighted by molar-refractivity contribution is -0.117. The average molecular weight is 453 g/mol. The molecule has 5 N–H and O–H groups in total. The molecular formula is C23H21FN4O3S. The number of hydrogen-bond acceptors (Lipinski definition) is 6. The van der Waals surface area contributed by atoms with E-state index in [1.807, 2.05) is 0 Å². The van der Waals surface area contributed by atoms with E-state index in [4.69, 9.17) is 5.73 Å². The molecule has 32 heavy (non-hydrogen) atoms. The third-order valence-corrected chi connectivity index (χ3v) is 6.10. The fraction of sp³-hybridized carbons (Fsp3) is 0.174. The molecular weight excluding hydrogens is 431 g/mol. The van der Waals surface area contributed by atoms with Gasteiger partial charge in [0.1, 0.15) is 17.2 Å². The Labute approximate surface area is 186 Å². The summed E-state index contributed by atoms with van der Waals surface area (Å²) in [7, 11) is 0. The Morgan fingerprint density at radius 1 is 1.25 bits per heavy atom. The molecule has 7 nitrogen and oxygen atoms in total. The number of aliphatic hydroxyl groups is 1. The Kier molecular flexibility index (Phi) is 5.53. The first-order chi connectivity index (χ1) is 15.1. The number of fused-ring (bicyclic) bond motifs is 1. The summed E-state index contributed by atoms with van der Waals surface area (Å²) in [6, 6.07) is 11.5. The van der Waals surface area contributed by atoms with E-state index in [2.05, 4.69) is 15.3 Å². The van der Waals surface area contributed by atoms with Crippen LogP contribution >= 0.6 is 11.3 Å². The van der Waals surface area contributed by atoms with Crippen LogP contribution in [0.25, 0.3) is 21.3 Å². The van der Waals surface area contributed by atoms with Gasteiger partial charge in [0.05, 0.1) is 17.0 Å². The number of nitrogens with zero attached hydrogens (tertiary/aromatic N) is 1. The predicted molar refractivity (Wildman–Crippen MR) is 124 cm³/mol. The molecule has 0 saturated carbocycles. The standard InChI is InChI=1S/C23H21FN4O3S/c1-23(2,31)14-4-5-15(16(24)11-14)17-9-13(10-18(25)29)22(32-17)28-19-6-3-12-7-8-26-21(30)20(12)27-19/h3-9,11,31H,10H2,1-2H3,(H2,25,29)(H,26,30)(H,27,28). The number of anilines is 2.